The molecule has 6 nitrogen and oxygen atoms in total. The zero-order chi connectivity index (χ0) is 18.4. The van der Waals surface area contributed by atoms with Crippen LogP contribution >= 0.6 is 0 Å². The number of hydrogen-bond acceptors (Lipinski definition) is 3. The van der Waals surface area contributed by atoms with Crippen LogP contribution in [0.2, 0.25) is 0 Å². The summed E-state index contributed by atoms with van der Waals surface area (Å²) in [5.41, 5.74) is 2.24. The maximum Gasteiger partial charge on any atom is 0.319 e. The molecule has 0 spiro atoms. The molecular weight excluding hydrogens is 318 g/mol. The monoisotopic (exact) mass is 347 g/mol. The lowest BCUT2D eigenvalue weighted by Gasteiger charge is -2.33. The molecule has 6 heteroatoms. The van der Waals surface area contributed by atoms with Gasteiger partial charge in [0.1, 0.15) is 0 Å². The average molecular weight is 347 g/mol. The quantitative estimate of drug-likeness (QED) is 0.859. The molecule has 0 radical (unpaired) electrons. The molecule has 1 saturated heterocycles. The van der Waals surface area contributed by atoms with Crippen LogP contribution in [0.1, 0.15) is 49.0 Å². The Hall–Kier alpha value is -2.08. The zero-order valence-corrected chi connectivity index (χ0v) is 15.6. The molecule has 138 valence electrons. The van der Waals surface area contributed by atoms with Crippen LogP contribution in [-0.2, 0) is 4.74 Å². The molecule has 25 heavy (non-hydrogen) atoms. The first-order valence-electron chi connectivity index (χ1n) is 8.90. The van der Waals surface area contributed by atoms with Gasteiger partial charge in [-0.2, -0.15) is 0 Å². The number of carbonyl (C=O) groups is 2. The number of hydrogen-bond donors (Lipinski definition) is 2. The van der Waals surface area contributed by atoms with E-state index in [2.05, 4.69) is 17.6 Å². The minimum absolute atomic E-state index is 0.0695. The van der Waals surface area contributed by atoms with E-state index in [0.29, 0.717) is 17.9 Å². The van der Waals surface area contributed by atoms with Crippen molar-refractivity contribution >= 4 is 17.6 Å². The maximum atomic E-state index is 12.7. The van der Waals surface area contributed by atoms with Crippen molar-refractivity contribution in [3.05, 3.63) is 29.3 Å². The normalized spacial score (nSPS) is 18.6. The highest BCUT2D eigenvalue weighted by Gasteiger charge is 2.24. The lowest BCUT2D eigenvalue weighted by Crippen LogP contribution is -2.42. The van der Waals surface area contributed by atoms with Gasteiger partial charge in [-0.1, -0.05) is 0 Å². The standard InChI is InChI=1S/C19H29N3O3/c1-13-11-16(18(23)22-10-6-5-7-15(22)3)8-9-17(13)21-19(24)20-14(2)12-25-4/h8-9,11,14-15H,5-7,10,12H2,1-4H3,(H2,20,21,24). The number of anilines is 1. The first-order chi connectivity index (χ1) is 11.9. The van der Waals surface area contributed by atoms with Gasteiger partial charge in [0.25, 0.3) is 5.91 Å². The number of aryl methyl sites for hydroxylation is 1. The number of urea groups is 1. The molecule has 0 aliphatic carbocycles. The van der Waals surface area contributed by atoms with E-state index in [1.165, 1.54) is 6.42 Å². The van der Waals surface area contributed by atoms with Crippen molar-refractivity contribution in [2.45, 2.75) is 52.1 Å². The molecule has 1 fully saturated rings. The number of methoxy groups -OCH3 is 1. The fourth-order valence-electron chi connectivity index (χ4n) is 3.18. The minimum Gasteiger partial charge on any atom is -0.383 e. The summed E-state index contributed by atoms with van der Waals surface area (Å²) in [6.07, 6.45) is 3.31. The van der Waals surface area contributed by atoms with Crippen molar-refractivity contribution in [2.75, 3.05) is 25.6 Å². The number of carbonyl (C=O) groups excluding carboxylic acids is 2. The van der Waals surface area contributed by atoms with Crippen molar-refractivity contribution < 1.29 is 14.3 Å². The summed E-state index contributed by atoms with van der Waals surface area (Å²) < 4.78 is 5.00. The molecule has 1 heterocycles. The number of amides is 3. The van der Waals surface area contributed by atoms with Crippen LogP contribution < -0.4 is 10.6 Å². The van der Waals surface area contributed by atoms with Crippen LogP contribution in [0.15, 0.2) is 18.2 Å². The Bertz CT molecular complexity index is 618. The number of benzene rings is 1. The molecule has 2 rings (SSSR count). The summed E-state index contributed by atoms with van der Waals surface area (Å²) in [4.78, 5) is 26.7. The van der Waals surface area contributed by atoms with Crippen molar-refractivity contribution in [2.24, 2.45) is 0 Å². The number of piperidine rings is 1. The van der Waals surface area contributed by atoms with Crippen LogP contribution in [0.3, 0.4) is 0 Å². The maximum absolute atomic E-state index is 12.7. The highest BCUT2D eigenvalue weighted by Crippen LogP contribution is 2.22. The van der Waals surface area contributed by atoms with Gasteiger partial charge in [-0.25, -0.2) is 4.79 Å². The molecule has 1 aromatic rings. The summed E-state index contributed by atoms with van der Waals surface area (Å²) in [7, 11) is 1.60. The lowest BCUT2D eigenvalue weighted by atomic mass is 10.0. The predicted octanol–water partition coefficient (Wildman–Crippen LogP) is 3.17. The average Bonchev–Trinajstić information content (AvgIpc) is 2.56. The Labute approximate surface area is 149 Å². The molecule has 2 N–H and O–H groups in total. The summed E-state index contributed by atoms with van der Waals surface area (Å²) in [5.74, 6) is 0.0695. The molecular formula is C19H29N3O3. The second-order valence-electron chi connectivity index (χ2n) is 6.83. The molecule has 2 unspecified atom stereocenters. The Morgan fingerprint density at radius 1 is 1.36 bits per heavy atom. The highest BCUT2D eigenvalue weighted by molar-refractivity contribution is 5.96. The number of nitrogens with one attached hydrogen (secondary N) is 2. The third kappa shape index (κ3) is 5.19. The third-order valence-corrected chi connectivity index (χ3v) is 4.58. The Morgan fingerprint density at radius 3 is 2.76 bits per heavy atom. The smallest absolute Gasteiger partial charge is 0.319 e. The number of likely N-dealkylation sites (tertiary alicyclic amines) is 1. The van der Waals surface area contributed by atoms with Crippen LogP contribution in [0.5, 0.6) is 0 Å². The van der Waals surface area contributed by atoms with Gasteiger partial charge in [0.15, 0.2) is 0 Å². The highest BCUT2D eigenvalue weighted by atomic mass is 16.5. The molecule has 1 aliphatic rings. The lowest BCUT2D eigenvalue weighted by molar-refractivity contribution is 0.0635. The molecule has 2 atom stereocenters. The topological polar surface area (TPSA) is 70.7 Å². The Balaban J connectivity index is 2.02. The number of ether oxygens (including phenoxy) is 1. The predicted molar refractivity (Wildman–Crippen MR) is 99.0 cm³/mol. The number of rotatable bonds is 5. The number of nitrogens with zero attached hydrogens (tertiary/aromatic N) is 1. The fraction of sp³-hybridized carbons (Fsp3) is 0.579. The van der Waals surface area contributed by atoms with E-state index in [4.69, 9.17) is 4.74 Å². The van der Waals surface area contributed by atoms with E-state index in [0.717, 1.165) is 24.9 Å². The van der Waals surface area contributed by atoms with Gasteiger partial charge in [-0.3, -0.25) is 4.79 Å². The van der Waals surface area contributed by atoms with Crippen LogP contribution in [0.4, 0.5) is 10.5 Å². The molecule has 1 aliphatic heterocycles. The molecule has 0 aromatic heterocycles. The van der Waals surface area contributed by atoms with E-state index in [1.807, 2.05) is 24.8 Å². The molecule has 1 aromatic carbocycles. The summed E-state index contributed by atoms with van der Waals surface area (Å²) in [5, 5.41) is 5.62. The molecule has 0 bridgehead atoms. The SMILES string of the molecule is COCC(C)NC(=O)Nc1ccc(C(=O)N2CCCCC2C)cc1C. The van der Waals surface area contributed by atoms with E-state index in [1.54, 1.807) is 19.2 Å². The van der Waals surface area contributed by atoms with Crippen molar-refractivity contribution in [3.63, 3.8) is 0 Å². The van der Waals surface area contributed by atoms with Crippen molar-refractivity contribution in [3.8, 4) is 0 Å². The fourth-order valence-corrected chi connectivity index (χ4v) is 3.18. The largest absolute Gasteiger partial charge is 0.383 e. The molecule has 0 saturated carbocycles. The van der Waals surface area contributed by atoms with Gasteiger partial charge in [0.05, 0.1) is 12.6 Å². The van der Waals surface area contributed by atoms with E-state index in [9.17, 15) is 9.59 Å². The zero-order valence-electron chi connectivity index (χ0n) is 15.6. The van der Waals surface area contributed by atoms with Crippen molar-refractivity contribution in [1.29, 1.82) is 0 Å². The van der Waals surface area contributed by atoms with Crippen LogP contribution in [0, 0.1) is 6.92 Å². The van der Waals surface area contributed by atoms with Gasteiger partial charge < -0.3 is 20.3 Å². The van der Waals surface area contributed by atoms with Crippen molar-refractivity contribution in [1.82, 2.24) is 10.2 Å². The summed E-state index contributed by atoms with van der Waals surface area (Å²) in [6, 6.07) is 5.34. The van der Waals surface area contributed by atoms with E-state index in [-0.39, 0.29) is 24.0 Å². The summed E-state index contributed by atoms with van der Waals surface area (Å²) >= 11 is 0. The Morgan fingerprint density at radius 2 is 2.12 bits per heavy atom. The second kappa shape index (κ2) is 8.85. The summed E-state index contributed by atoms with van der Waals surface area (Å²) in [6.45, 7) is 7.14. The van der Waals surface area contributed by atoms with Gasteiger partial charge >= 0.3 is 6.03 Å². The van der Waals surface area contributed by atoms with Crippen LogP contribution in [-0.4, -0.2) is 49.2 Å². The van der Waals surface area contributed by atoms with E-state index >= 15 is 0 Å². The van der Waals surface area contributed by atoms with E-state index < -0.39 is 0 Å². The third-order valence-electron chi connectivity index (χ3n) is 4.58. The van der Waals surface area contributed by atoms with Gasteiger partial charge in [0.2, 0.25) is 0 Å². The van der Waals surface area contributed by atoms with Crippen LogP contribution in [0.25, 0.3) is 0 Å². The minimum atomic E-state index is -0.281. The Kier molecular flexibility index (Phi) is 6.82. The first-order valence-corrected chi connectivity index (χ1v) is 8.90. The second-order valence-corrected chi connectivity index (χ2v) is 6.83. The molecule has 3 amide bonds. The first kappa shape index (κ1) is 19.2. The van der Waals surface area contributed by atoms with Gasteiger partial charge in [-0.05, 0) is 63.8 Å². The van der Waals surface area contributed by atoms with Gasteiger partial charge in [-0.15, -0.1) is 0 Å². The van der Waals surface area contributed by atoms with Gasteiger partial charge in [0, 0.05) is 30.9 Å².